The van der Waals surface area contributed by atoms with E-state index in [0.29, 0.717) is 16.3 Å². The minimum atomic E-state index is 0.108. The van der Waals surface area contributed by atoms with E-state index in [-0.39, 0.29) is 5.91 Å². The number of carbonyl (C=O) groups is 1. The molecule has 0 aliphatic carbocycles. The number of carbonyl (C=O) groups excluding carboxylic acids is 1. The van der Waals surface area contributed by atoms with Crippen LogP contribution in [0, 0.1) is 12.8 Å². The molecule has 0 saturated carbocycles. The van der Waals surface area contributed by atoms with Crippen LogP contribution >= 0.6 is 15.9 Å². The highest BCUT2D eigenvalue weighted by molar-refractivity contribution is 9.09. The molecule has 1 aliphatic heterocycles. The molecule has 0 radical (unpaired) electrons. The number of amides is 1. The average Bonchev–Trinajstić information content (AvgIpc) is 2.74. The zero-order valence-electron chi connectivity index (χ0n) is 10.2. The minimum Gasteiger partial charge on any atom is -0.339 e. The van der Waals surface area contributed by atoms with Crippen LogP contribution in [0.5, 0.6) is 0 Å². The van der Waals surface area contributed by atoms with Crippen molar-refractivity contribution in [3.05, 3.63) is 17.5 Å². The van der Waals surface area contributed by atoms with Gasteiger partial charge in [0.2, 0.25) is 0 Å². The van der Waals surface area contributed by atoms with E-state index in [1.165, 1.54) is 0 Å². The Morgan fingerprint density at radius 2 is 2.24 bits per heavy atom. The van der Waals surface area contributed by atoms with Gasteiger partial charge in [0.1, 0.15) is 0 Å². The maximum Gasteiger partial charge on any atom is 0.257 e. The summed E-state index contributed by atoms with van der Waals surface area (Å²) in [4.78, 5) is 14.7. The number of aromatic amines is 1. The normalized spacial score (nSPS) is 19.4. The van der Waals surface area contributed by atoms with E-state index in [1.54, 1.807) is 6.20 Å². The Kier molecular flexibility index (Phi) is 3.86. The fourth-order valence-electron chi connectivity index (χ4n) is 2.30. The minimum absolute atomic E-state index is 0.108. The molecule has 0 bridgehead atoms. The van der Waals surface area contributed by atoms with Crippen LogP contribution in [0.15, 0.2) is 6.20 Å². The first-order valence-electron chi connectivity index (χ1n) is 6.03. The van der Waals surface area contributed by atoms with Gasteiger partial charge < -0.3 is 4.90 Å². The molecule has 0 aromatic carbocycles. The molecule has 1 atom stereocenters. The Bertz CT molecular complexity index is 394. The first-order valence-corrected chi connectivity index (χ1v) is 6.94. The van der Waals surface area contributed by atoms with Crippen LogP contribution in [-0.2, 0) is 0 Å². The average molecular weight is 300 g/mol. The number of aromatic nitrogens is 2. The number of hydrogen-bond donors (Lipinski definition) is 1. The molecule has 94 valence electrons. The van der Waals surface area contributed by atoms with E-state index in [9.17, 15) is 4.79 Å². The van der Waals surface area contributed by atoms with Gasteiger partial charge in [-0.05, 0) is 25.7 Å². The number of nitrogens with zero attached hydrogens (tertiary/aromatic N) is 2. The van der Waals surface area contributed by atoms with Gasteiger partial charge in [-0.2, -0.15) is 5.10 Å². The van der Waals surface area contributed by atoms with E-state index >= 15 is 0 Å². The standard InChI is InChI=1S/C12H18BrN3O/c1-8(13)10-3-5-16(6-4-10)12(17)11-7-14-15-9(11)2/h7-8,10H,3-6H2,1-2H3,(H,14,15). The maximum absolute atomic E-state index is 12.2. The van der Waals surface area contributed by atoms with Crippen LogP contribution in [0.4, 0.5) is 0 Å². The van der Waals surface area contributed by atoms with Gasteiger partial charge in [-0.25, -0.2) is 0 Å². The van der Waals surface area contributed by atoms with Crippen LogP contribution in [0.25, 0.3) is 0 Å². The highest BCUT2D eigenvalue weighted by Gasteiger charge is 2.26. The van der Waals surface area contributed by atoms with Gasteiger partial charge in [-0.3, -0.25) is 9.89 Å². The van der Waals surface area contributed by atoms with Gasteiger partial charge in [-0.15, -0.1) is 0 Å². The van der Waals surface area contributed by atoms with Crippen LogP contribution in [-0.4, -0.2) is 38.9 Å². The fraction of sp³-hybridized carbons (Fsp3) is 0.667. The first-order chi connectivity index (χ1) is 8.09. The molecule has 1 aromatic rings. The maximum atomic E-state index is 12.2. The molecule has 4 nitrogen and oxygen atoms in total. The third-order valence-corrected chi connectivity index (χ3v) is 4.28. The lowest BCUT2D eigenvalue weighted by molar-refractivity contribution is 0.0691. The van der Waals surface area contributed by atoms with Crippen molar-refractivity contribution in [2.45, 2.75) is 31.5 Å². The van der Waals surface area contributed by atoms with Crippen LogP contribution in [0.1, 0.15) is 35.8 Å². The van der Waals surface area contributed by atoms with E-state index in [0.717, 1.165) is 31.6 Å². The number of nitrogens with one attached hydrogen (secondary N) is 1. The van der Waals surface area contributed by atoms with Crippen molar-refractivity contribution in [3.63, 3.8) is 0 Å². The Hall–Kier alpha value is -0.840. The molecule has 1 aromatic heterocycles. The van der Waals surface area contributed by atoms with Gasteiger partial charge in [0.25, 0.3) is 5.91 Å². The smallest absolute Gasteiger partial charge is 0.257 e. The molecule has 1 aliphatic rings. The first kappa shape index (κ1) is 12.6. The Morgan fingerprint density at radius 1 is 1.59 bits per heavy atom. The van der Waals surface area contributed by atoms with E-state index < -0.39 is 0 Å². The zero-order chi connectivity index (χ0) is 12.4. The summed E-state index contributed by atoms with van der Waals surface area (Å²) in [7, 11) is 0. The third kappa shape index (κ3) is 2.70. The number of likely N-dealkylation sites (tertiary alicyclic amines) is 1. The third-order valence-electron chi connectivity index (χ3n) is 3.54. The fourth-order valence-corrected chi connectivity index (χ4v) is 2.83. The van der Waals surface area contributed by atoms with E-state index in [4.69, 9.17) is 0 Å². The molecular weight excluding hydrogens is 282 g/mol. The van der Waals surface area contributed by atoms with Crippen molar-refractivity contribution in [2.75, 3.05) is 13.1 Å². The van der Waals surface area contributed by atoms with E-state index in [2.05, 4.69) is 33.1 Å². The Morgan fingerprint density at radius 3 is 2.71 bits per heavy atom. The number of halogens is 1. The summed E-state index contributed by atoms with van der Waals surface area (Å²) in [6, 6.07) is 0. The summed E-state index contributed by atoms with van der Waals surface area (Å²) in [5.41, 5.74) is 1.56. The van der Waals surface area contributed by atoms with Crippen molar-refractivity contribution < 1.29 is 4.79 Å². The molecule has 17 heavy (non-hydrogen) atoms. The Labute approximate surface area is 110 Å². The molecule has 2 heterocycles. The van der Waals surface area contributed by atoms with Crippen molar-refractivity contribution in [1.82, 2.24) is 15.1 Å². The summed E-state index contributed by atoms with van der Waals surface area (Å²) < 4.78 is 0. The second kappa shape index (κ2) is 5.21. The predicted molar refractivity (Wildman–Crippen MR) is 70.3 cm³/mol. The number of rotatable bonds is 2. The highest BCUT2D eigenvalue weighted by Crippen LogP contribution is 2.25. The molecule has 1 saturated heterocycles. The number of hydrogen-bond acceptors (Lipinski definition) is 2. The van der Waals surface area contributed by atoms with Gasteiger partial charge in [0.15, 0.2) is 0 Å². The topological polar surface area (TPSA) is 49.0 Å². The molecule has 1 unspecified atom stereocenters. The van der Waals surface area contributed by atoms with E-state index in [1.807, 2.05) is 11.8 Å². The SMILES string of the molecule is Cc1[nH]ncc1C(=O)N1CCC(C(C)Br)CC1. The lowest BCUT2D eigenvalue weighted by Crippen LogP contribution is -2.40. The van der Waals surface area contributed by atoms with Crippen molar-refractivity contribution >= 4 is 21.8 Å². The largest absolute Gasteiger partial charge is 0.339 e. The van der Waals surface area contributed by atoms with Crippen LogP contribution in [0.3, 0.4) is 0 Å². The number of piperidine rings is 1. The van der Waals surface area contributed by atoms with Crippen molar-refractivity contribution in [1.29, 1.82) is 0 Å². The quantitative estimate of drug-likeness (QED) is 0.852. The van der Waals surface area contributed by atoms with Gasteiger partial charge in [0.05, 0.1) is 11.8 Å². The highest BCUT2D eigenvalue weighted by atomic mass is 79.9. The van der Waals surface area contributed by atoms with Gasteiger partial charge in [-0.1, -0.05) is 22.9 Å². The van der Waals surface area contributed by atoms with Crippen molar-refractivity contribution in [3.8, 4) is 0 Å². The van der Waals surface area contributed by atoms with Crippen LogP contribution in [0.2, 0.25) is 0 Å². The molecule has 1 fully saturated rings. The van der Waals surface area contributed by atoms with Gasteiger partial charge in [0, 0.05) is 23.6 Å². The van der Waals surface area contributed by atoms with Crippen LogP contribution < -0.4 is 0 Å². The summed E-state index contributed by atoms with van der Waals surface area (Å²) in [6.45, 7) is 5.77. The Balaban J connectivity index is 1.98. The predicted octanol–water partition coefficient (Wildman–Crippen LogP) is 2.35. The second-order valence-corrected chi connectivity index (χ2v) is 6.16. The summed E-state index contributed by atoms with van der Waals surface area (Å²) in [6.07, 6.45) is 3.78. The summed E-state index contributed by atoms with van der Waals surface area (Å²) in [5.74, 6) is 0.793. The summed E-state index contributed by atoms with van der Waals surface area (Å²) in [5, 5.41) is 6.71. The monoisotopic (exact) mass is 299 g/mol. The van der Waals surface area contributed by atoms with Gasteiger partial charge >= 0.3 is 0 Å². The number of aryl methyl sites for hydroxylation is 1. The van der Waals surface area contributed by atoms with Crippen molar-refractivity contribution in [2.24, 2.45) is 5.92 Å². The second-order valence-electron chi connectivity index (χ2n) is 4.72. The lowest BCUT2D eigenvalue weighted by atomic mass is 9.94. The molecule has 0 spiro atoms. The number of H-pyrrole nitrogens is 1. The zero-order valence-corrected chi connectivity index (χ0v) is 11.8. The molecule has 1 N–H and O–H groups in total. The molecular formula is C12H18BrN3O. The summed E-state index contributed by atoms with van der Waals surface area (Å²) >= 11 is 3.62. The molecule has 5 heteroatoms. The molecule has 2 rings (SSSR count). The number of alkyl halides is 1. The lowest BCUT2D eigenvalue weighted by Gasteiger charge is -2.33. The molecule has 1 amide bonds.